The number of phenols is 1. The molecule has 4 aromatic rings. The second-order valence-corrected chi connectivity index (χ2v) is 8.22. The first kappa shape index (κ1) is 18.6. The first-order chi connectivity index (χ1) is 14.7. The van der Waals surface area contributed by atoms with E-state index in [1.807, 2.05) is 18.2 Å². The molecule has 150 valence electrons. The molecule has 7 heteroatoms. The SMILES string of the molecule is O=C(c1ccccc1O)N1CCN(c2ncnc3sc(-c4ccccc4)cc23)CC1. The number of carbonyl (C=O) groups excluding carboxylic acids is 1. The number of fused-ring (bicyclic) bond motifs is 1. The molecule has 30 heavy (non-hydrogen) atoms. The van der Waals surface area contributed by atoms with Crippen LogP contribution in [0.5, 0.6) is 5.75 Å². The van der Waals surface area contributed by atoms with Gasteiger partial charge in [-0.05, 0) is 23.8 Å². The van der Waals surface area contributed by atoms with Crippen molar-refractivity contribution in [2.75, 3.05) is 31.1 Å². The fraction of sp³-hybridized carbons (Fsp3) is 0.174. The third-order valence-corrected chi connectivity index (χ3v) is 6.46. The van der Waals surface area contributed by atoms with Crippen LogP contribution in [0, 0.1) is 0 Å². The summed E-state index contributed by atoms with van der Waals surface area (Å²) < 4.78 is 0. The van der Waals surface area contributed by atoms with Crippen LogP contribution in [0.25, 0.3) is 20.7 Å². The molecule has 1 amide bonds. The van der Waals surface area contributed by atoms with Gasteiger partial charge in [-0.2, -0.15) is 0 Å². The normalized spacial score (nSPS) is 14.3. The Morgan fingerprint density at radius 3 is 2.43 bits per heavy atom. The van der Waals surface area contributed by atoms with E-state index >= 15 is 0 Å². The van der Waals surface area contributed by atoms with Crippen molar-refractivity contribution in [3.63, 3.8) is 0 Å². The molecule has 0 atom stereocenters. The van der Waals surface area contributed by atoms with Crippen molar-refractivity contribution in [3.05, 3.63) is 72.6 Å². The average Bonchev–Trinajstić information content (AvgIpc) is 3.24. The number of aromatic nitrogens is 2. The minimum absolute atomic E-state index is 0.0224. The number of piperazine rings is 1. The molecule has 1 N–H and O–H groups in total. The Morgan fingerprint density at radius 1 is 0.933 bits per heavy atom. The molecule has 1 fully saturated rings. The summed E-state index contributed by atoms with van der Waals surface area (Å²) in [6.45, 7) is 2.52. The number of hydrogen-bond donors (Lipinski definition) is 1. The van der Waals surface area contributed by atoms with Crippen LogP contribution in [0.4, 0.5) is 5.82 Å². The molecule has 0 spiro atoms. The fourth-order valence-corrected chi connectivity index (χ4v) is 4.78. The van der Waals surface area contributed by atoms with Crippen LogP contribution < -0.4 is 4.90 Å². The van der Waals surface area contributed by atoms with Gasteiger partial charge in [0, 0.05) is 31.1 Å². The third-order valence-electron chi connectivity index (χ3n) is 5.37. The van der Waals surface area contributed by atoms with Crippen LogP contribution >= 0.6 is 11.3 Å². The van der Waals surface area contributed by atoms with E-state index in [1.165, 1.54) is 10.4 Å². The van der Waals surface area contributed by atoms with Gasteiger partial charge in [-0.1, -0.05) is 42.5 Å². The van der Waals surface area contributed by atoms with Crippen LogP contribution in [0.3, 0.4) is 0 Å². The first-order valence-electron chi connectivity index (χ1n) is 9.83. The number of nitrogens with zero attached hydrogens (tertiary/aromatic N) is 4. The number of hydrogen-bond acceptors (Lipinski definition) is 6. The second-order valence-electron chi connectivity index (χ2n) is 7.19. The highest BCUT2D eigenvalue weighted by Crippen LogP contribution is 2.36. The van der Waals surface area contributed by atoms with E-state index < -0.39 is 0 Å². The molecule has 5 rings (SSSR count). The number of benzene rings is 2. The molecule has 1 saturated heterocycles. The van der Waals surface area contributed by atoms with Crippen molar-refractivity contribution < 1.29 is 9.90 Å². The smallest absolute Gasteiger partial charge is 0.257 e. The lowest BCUT2D eigenvalue weighted by Gasteiger charge is -2.35. The highest BCUT2D eigenvalue weighted by atomic mass is 32.1. The van der Waals surface area contributed by atoms with Gasteiger partial charge in [0.1, 0.15) is 22.7 Å². The predicted molar refractivity (Wildman–Crippen MR) is 119 cm³/mol. The van der Waals surface area contributed by atoms with Crippen LogP contribution in [-0.2, 0) is 0 Å². The molecule has 0 aliphatic carbocycles. The number of rotatable bonds is 3. The van der Waals surface area contributed by atoms with Gasteiger partial charge in [0.15, 0.2) is 0 Å². The average molecular weight is 417 g/mol. The van der Waals surface area contributed by atoms with Gasteiger partial charge in [0.2, 0.25) is 0 Å². The molecule has 0 radical (unpaired) electrons. The van der Waals surface area contributed by atoms with Gasteiger partial charge in [0.05, 0.1) is 10.9 Å². The lowest BCUT2D eigenvalue weighted by molar-refractivity contribution is 0.0743. The molecule has 2 aromatic heterocycles. The number of thiophene rings is 1. The number of phenolic OH excluding ortho intramolecular Hbond substituents is 1. The quantitative estimate of drug-likeness (QED) is 0.546. The Kier molecular flexibility index (Phi) is 4.80. The number of amides is 1. The molecule has 0 saturated carbocycles. The number of carbonyl (C=O) groups is 1. The molecule has 6 nitrogen and oxygen atoms in total. The third kappa shape index (κ3) is 3.37. The van der Waals surface area contributed by atoms with Crippen LogP contribution in [0.2, 0.25) is 0 Å². The molecule has 0 unspecified atom stereocenters. The van der Waals surface area contributed by atoms with E-state index in [4.69, 9.17) is 0 Å². The Balaban J connectivity index is 1.37. The molecule has 1 aliphatic rings. The number of aromatic hydroxyl groups is 1. The minimum Gasteiger partial charge on any atom is -0.507 e. The maximum Gasteiger partial charge on any atom is 0.257 e. The fourth-order valence-electron chi connectivity index (χ4n) is 3.79. The summed E-state index contributed by atoms with van der Waals surface area (Å²) in [6, 6.07) is 19.1. The van der Waals surface area contributed by atoms with Gasteiger partial charge in [-0.25, -0.2) is 9.97 Å². The summed E-state index contributed by atoms with van der Waals surface area (Å²) in [4.78, 5) is 27.9. The van der Waals surface area contributed by atoms with Crippen molar-refractivity contribution in [2.45, 2.75) is 0 Å². The van der Waals surface area contributed by atoms with Crippen molar-refractivity contribution >= 4 is 33.3 Å². The standard InChI is InChI=1S/C23H20N4O2S/c28-19-9-5-4-8-17(19)23(29)27-12-10-26(11-13-27)21-18-14-20(16-6-2-1-3-7-16)30-22(18)25-15-24-21/h1-9,14-15,28H,10-13H2. The molecular weight excluding hydrogens is 396 g/mol. The summed E-state index contributed by atoms with van der Waals surface area (Å²) in [5.41, 5.74) is 1.52. The monoisotopic (exact) mass is 416 g/mol. The van der Waals surface area contributed by atoms with Crippen molar-refractivity contribution in [1.82, 2.24) is 14.9 Å². The van der Waals surface area contributed by atoms with E-state index in [0.717, 1.165) is 16.0 Å². The van der Waals surface area contributed by atoms with Gasteiger partial charge >= 0.3 is 0 Å². The highest BCUT2D eigenvalue weighted by molar-refractivity contribution is 7.21. The first-order valence-corrected chi connectivity index (χ1v) is 10.6. The van der Waals surface area contributed by atoms with Gasteiger partial charge in [-0.15, -0.1) is 11.3 Å². The van der Waals surface area contributed by atoms with Gasteiger partial charge < -0.3 is 14.9 Å². The maximum absolute atomic E-state index is 12.8. The largest absolute Gasteiger partial charge is 0.507 e. The van der Waals surface area contributed by atoms with Gasteiger partial charge in [0.25, 0.3) is 5.91 Å². The van der Waals surface area contributed by atoms with Crippen LogP contribution in [0.1, 0.15) is 10.4 Å². The van der Waals surface area contributed by atoms with E-state index in [1.54, 1.807) is 46.8 Å². The Labute approximate surface area is 178 Å². The maximum atomic E-state index is 12.8. The molecule has 0 bridgehead atoms. The van der Waals surface area contributed by atoms with Crippen LogP contribution in [0.15, 0.2) is 67.0 Å². The topological polar surface area (TPSA) is 69.6 Å². The minimum atomic E-state index is -0.137. The Hall–Kier alpha value is -3.45. The van der Waals surface area contributed by atoms with Crippen molar-refractivity contribution in [3.8, 4) is 16.2 Å². The number of para-hydroxylation sites is 1. The molecule has 2 aromatic carbocycles. The van der Waals surface area contributed by atoms with E-state index in [0.29, 0.717) is 31.7 Å². The second kappa shape index (κ2) is 7.76. The summed E-state index contributed by atoms with van der Waals surface area (Å²) in [6.07, 6.45) is 1.61. The molecule has 3 heterocycles. The molecule has 1 aliphatic heterocycles. The summed E-state index contributed by atoms with van der Waals surface area (Å²) in [5.74, 6) is 0.796. The van der Waals surface area contributed by atoms with E-state index in [9.17, 15) is 9.90 Å². The zero-order valence-corrected chi connectivity index (χ0v) is 17.0. The predicted octanol–water partition coefficient (Wildman–Crippen LogP) is 4.03. The zero-order chi connectivity index (χ0) is 20.5. The van der Waals surface area contributed by atoms with Crippen molar-refractivity contribution in [2.24, 2.45) is 0 Å². The molecular formula is C23H20N4O2S. The summed E-state index contributed by atoms with van der Waals surface area (Å²) >= 11 is 1.66. The van der Waals surface area contributed by atoms with Gasteiger partial charge in [-0.3, -0.25) is 4.79 Å². The highest BCUT2D eigenvalue weighted by Gasteiger charge is 2.25. The lowest BCUT2D eigenvalue weighted by atomic mass is 10.1. The lowest BCUT2D eigenvalue weighted by Crippen LogP contribution is -2.49. The Morgan fingerprint density at radius 2 is 1.67 bits per heavy atom. The van der Waals surface area contributed by atoms with E-state index in [-0.39, 0.29) is 11.7 Å². The number of anilines is 1. The summed E-state index contributed by atoms with van der Waals surface area (Å²) in [7, 11) is 0. The van der Waals surface area contributed by atoms with Crippen LogP contribution in [-0.4, -0.2) is 52.1 Å². The van der Waals surface area contributed by atoms with Crippen molar-refractivity contribution in [1.29, 1.82) is 0 Å². The summed E-state index contributed by atoms with van der Waals surface area (Å²) in [5, 5.41) is 11.0. The van der Waals surface area contributed by atoms with E-state index in [2.05, 4.69) is 33.1 Å². The Bertz CT molecular complexity index is 1200. The zero-order valence-electron chi connectivity index (χ0n) is 16.2.